The molecule has 0 fully saturated rings. The first-order valence-corrected chi connectivity index (χ1v) is 6.83. The third-order valence-electron chi connectivity index (χ3n) is 2.96. The molecule has 0 aromatic carbocycles. The zero-order valence-electron chi connectivity index (χ0n) is 12.0. The van der Waals surface area contributed by atoms with Crippen molar-refractivity contribution in [2.24, 2.45) is 0 Å². The minimum Gasteiger partial charge on any atom is -0.358 e. The maximum atomic E-state index is 4.45. The monoisotopic (exact) mass is 272 g/mol. The molecule has 2 aromatic rings. The lowest BCUT2D eigenvalue weighted by Gasteiger charge is -2.17. The molecule has 0 radical (unpaired) electrons. The van der Waals surface area contributed by atoms with E-state index in [-0.39, 0.29) is 0 Å². The molecule has 106 valence electrons. The molecule has 6 nitrogen and oxygen atoms in total. The third-order valence-corrected chi connectivity index (χ3v) is 2.96. The second kappa shape index (κ2) is 7.37. The van der Waals surface area contributed by atoms with Crippen molar-refractivity contribution in [2.75, 3.05) is 30.4 Å². The van der Waals surface area contributed by atoms with Gasteiger partial charge in [0.1, 0.15) is 0 Å². The van der Waals surface area contributed by atoms with Crippen LogP contribution in [-0.2, 0) is 6.42 Å². The average Bonchev–Trinajstić information content (AvgIpc) is 2.52. The summed E-state index contributed by atoms with van der Waals surface area (Å²) in [7, 11) is 2.01. The molecule has 1 N–H and O–H groups in total. The van der Waals surface area contributed by atoms with E-state index in [9.17, 15) is 0 Å². The Hall–Kier alpha value is -2.24. The van der Waals surface area contributed by atoms with Gasteiger partial charge in [-0.3, -0.25) is 4.98 Å². The standard InChI is InChI=1S/C14H20N6/c1-3-7-16-14-18-13(11-17-19-14)20(2)10-6-12-4-8-15-9-5-12/h4-5,8-9,11H,3,6-7,10H2,1-2H3,(H,16,18,19). The van der Waals surface area contributed by atoms with E-state index in [1.165, 1.54) is 5.56 Å². The normalized spacial score (nSPS) is 10.3. The highest BCUT2D eigenvalue weighted by atomic mass is 15.3. The predicted molar refractivity (Wildman–Crippen MR) is 79.8 cm³/mol. The maximum absolute atomic E-state index is 4.45. The van der Waals surface area contributed by atoms with Crippen LogP contribution in [0.1, 0.15) is 18.9 Å². The number of hydrogen-bond donors (Lipinski definition) is 1. The molecular weight excluding hydrogens is 252 g/mol. The van der Waals surface area contributed by atoms with Crippen LogP contribution in [0.15, 0.2) is 30.7 Å². The summed E-state index contributed by atoms with van der Waals surface area (Å²) in [5.41, 5.74) is 1.26. The van der Waals surface area contributed by atoms with Gasteiger partial charge >= 0.3 is 0 Å². The number of nitrogens with zero attached hydrogens (tertiary/aromatic N) is 5. The minimum atomic E-state index is 0.583. The van der Waals surface area contributed by atoms with E-state index in [4.69, 9.17) is 0 Å². The molecule has 0 atom stereocenters. The maximum Gasteiger partial charge on any atom is 0.244 e. The molecule has 0 unspecified atom stereocenters. The van der Waals surface area contributed by atoms with Crippen molar-refractivity contribution in [3.8, 4) is 0 Å². The van der Waals surface area contributed by atoms with E-state index in [1.54, 1.807) is 6.20 Å². The molecule has 6 heteroatoms. The number of hydrogen-bond acceptors (Lipinski definition) is 6. The summed E-state index contributed by atoms with van der Waals surface area (Å²) in [5, 5.41) is 11.1. The van der Waals surface area contributed by atoms with Crippen molar-refractivity contribution < 1.29 is 0 Å². The molecule has 2 heterocycles. The molecule has 0 aliphatic rings. The number of pyridine rings is 1. The fourth-order valence-corrected chi connectivity index (χ4v) is 1.75. The molecule has 2 aromatic heterocycles. The Labute approximate surface area is 119 Å². The Kier molecular flexibility index (Phi) is 5.23. The molecule has 0 aliphatic carbocycles. The van der Waals surface area contributed by atoms with Crippen LogP contribution < -0.4 is 10.2 Å². The van der Waals surface area contributed by atoms with Gasteiger partial charge in [-0.1, -0.05) is 6.92 Å². The second-order valence-electron chi connectivity index (χ2n) is 4.59. The summed E-state index contributed by atoms with van der Waals surface area (Å²) in [6.45, 7) is 3.83. The van der Waals surface area contributed by atoms with Crippen LogP contribution in [0.3, 0.4) is 0 Å². The number of nitrogens with one attached hydrogen (secondary N) is 1. The van der Waals surface area contributed by atoms with Gasteiger partial charge in [-0.15, -0.1) is 5.10 Å². The molecule has 2 rings (SSSR count). The molecule has 0 saturated carbocycles. The molecular formula is C14H20N6. The Balaban J connectivity index is 1.93. The fourth-order valence-electron chi connectivity index (χ4n) is 1.75. The number of likely N-dealkylation sites (N-methyl/N-ethyl adjacent to an activating group) is 1. The Bertz CT molecular complexity index is 516. The molecule has 0 saturated heterocycles. The largest absolute Gasteiger partial charge is 0.358 e. The van der Waals surface area contributed by atoms with E-state index in [0.29, 0.717) is 5.95 Å². The van der Waals surface area contributed by atoms with Gasteiger partial charge in [-0.05, 0) is 30.5 Å². The zero-order valence-corrected chi connectivity index (χ0v) is 12.0. The van der Waals surface area contributed by atoms with Crippen LogP contribution in [0.5, 0.6) is 0 Å². The van der Waals surface area contributed by atoms with Crippen LogP contribution in [-0.4, -0.2) is 40.3 Å². The van der Waals surface area contributed by atoms with Gasteiger partial charge in [0.2, 0.25) is 5.95 Å². The minimum absolute atomic E-state index is 0.583. The summed E-state index contributed by atoms with van der Waals surface area (Å²) >= 11 is 0. The number of anilines is 2. The lowest BCUT2D eigenvalue weighted by Crippen LogP contribution is -2.22. The highest BCUT2D eigenvalue weighted by Gasteiger charge is 2.05. The van der Waals surface area contributed by atoms with Crippen molar-refractivity contribution in [3.63, 3.8) is 0 Å². The highest BCUT2D eigenvalue weighted by molar-refractivity contribution is 5.39. The van der Waals surface area contributed by atoms with Gasteiger partial charge in [0.05, 0.1) is 6.20 Å². The van der Waals surface area contributed by atoms with Gasteiger partial charge in [0, 0.05) is 32.5 Å². The summed E-state index contributed by atoms with van der Waals surface area (Å²) in [6, 6.07) is 4.06. The van der Waals surface area contributed by atoms with Crippen molar-refractivity contribution in [1.82, 2.24) is 20.2 Å². The lowest BCUT2D eigenvalue weighted by molar-refractivity contribution is 0.833. The van der Waals surface area contributed by atoms with Crippen molar-refractivity contribution in [1.29, 1.82) is 0 Å². The average molecular weight is 272 g/mol. The predicted octanol–water partition coefficient (Wildman–Crippen LogP) is 1.77. The summed E-state index contributed by atoms with van der Waals surface area (Å²) in [5.74, 6) is 1.41. The Morgan fingerprint density at radius 1 is 1.25 bits per heavy atom. The van der Waals surface area contributed by atoms with Crippen molar-refractivity contribution in [3.05, 3.63) is 36.3 Å². The first-order chi connectivity index (χ1) is 9.79. The van der Waals surface area contributed by atoms with Gasteiger partial charge in [0.25, 0.3) is 0 Å². The van der Waals surface area contributed by atoms with Gasteiger partial charge in [-0.25, -0.2) is 0 Å². The highest BCUT2D eigenvalue weighted by Crippen LogP contribution is 2.09. The summed E-state index contributed by atoms with van der Waals surface area (Å²) < 4.78 is 0. The van der Waals surface area contributed by atoms with Crippen molar-refractivity contribution in [2.45, 2.75) is 19.8 Å². The Morgan fingerprint density at radius 3 is 2.80 bits per heavy atom. The first-order valence-electron chi connectivity index (χ1n) is 6.83. The number of aromatic nitrogens is 4. The lowest BCUT2D eigenvalue weighted by atomic mass is 10.2. The van der Waals surface area contributed by atoms with E-state index >= 15 is 0 Å². The van der Waals surface area contributed by atoms with Gasteiger partial charge < -0.3 is 10.2 Å². The zero-order chi connectivity index (χ0) is 14.2. The van der Waals surface area contributed by atoms with E-state index < -0.39 is 0 Å². The summed E-state index contributed by atoms with van der Waals surface area (Å²) in [6.07, 6.45) is 7.29. The van der Waals surface area contributed by atoms with E-state index in [0.717, 1.165) is 31.7 Å². The summed E-state index contributed by atoms with van der Waals surface area (Å²) in [4.78, 5) is 10.5. The topological polar surface area (TPSA) is 66.8 Å². The SMILES string of the molecule is CCCNc1nncc(N(C)CCc2ccncc2)n1. The molecule has 0 spiro atoms. The van der Waals surface area contributed by atoms with Crippen LogP contribution >= 0.6 is 0 Å². The number of rotatable bonds is 7. The van der Waals surface area contributed by atoms with Crippen LogP contribution in [0.25, 0.3) is 0 Å². The smallest absolute Gasteiger partial charge is 0.244 e. The molecule has 20 heavy (non-hydrogen) atoms. The van der Waals surface area contributed by atoms with E-state index in [2.05, 4.69) is 37.3 Å². The van der Waals surface area contributed by atoms with E-state index in [1.807, 2.05) is 31.6 Å². The second-order valence-corrected chi connectivity index (χ2v) is 4.59. The van der Waals surface area contributed by atoms with Crippen LogP contribution in [0.4, 0.5) is 11.8 Å². The molecule has 0 aliphatic heterocycles. The first kappa shape index (κ1) is 14.2. The van der Waals surface area contributed by atoms with Crippen molar-refractivity contribution >= 4 is 11.8 Å². The van der Waals surface area contributed by atoms with Crippen LogP contribution in [0.2, 0.25) is 0 Å². The molecule has 0 bridgehead atoms. The fraction of sp³-hybridized carbons (Fsp3) is 0.429. The molecule has 0 amide bonds. The third kappa shape index (κ3) is 4.15. The Morgan fingerprint density at radius 2 is 2.05 bits per heavy atom. The van der Waals surface area contributed by atoms with Gasteiger partial charge in [0.15, 0.2) is 5.82 Å². The van der Waals surface area contributed by atoms with Gasteiger partial charge in [-0.2, -0.15) is 10.1 Å². The van der Waals surface area contributed by atoms with Crippen LogP contribution in [0, 0.1) is 0 Å². The quantitative estimate of drug-likeness (QED) is 0.828.